The predicted molar refractivity (Wildman–Crippen MR) is 87.5 cm³/mol. The van der Waals surface area contributed by atoms with E-state index in [1.807, 2.05) is 10.8 Å². The first kappa shape index (κ1) is 17.7. The summed E-state index contributed by atoms with van der Waals surface area (Å²) in [6.45, 7) is 2.29. The molecule has 2 aromatic rings. The van der Waals surface area contributed by atoms with Gasteiger partial charge in [0.05, 0.1) is 12.2 Å². The van der Waals surface area contributed by atoms with Crippen molar-refractivity contribution in [2.24, 2.45) is 0 Å². The van der Waals surface area contributed by atoms with Crippen LogP contribution in [0.3, 0.4) is 0 Å². The fourth-order valence-electron chi connectivity index (χ4n) is 3.31. The van der Waals surface area contributed by atoms with Crippen LogP contribution in [0.1, 0.15) is 30.1 Å². The molecule has 136 valence electrons. The molecule has 5 nitrogen and oxygen atoms in total. The quantitative estimate of drug-likeness (QED) is 0.826. The van der Waals surface area contributed by atoms with E-state index in [0.717, 1.165) is 24.7 Å². The highest BCUT2D eigenvalue weighted by atomic mass is 19.4. The summed E-state index contributed by atoms with van der Waals surface area (Å²) in [6, 6.07) is 2.41. The molecule has 1 aliphatic rings. The number of alkyl halides is 3. The minimum absolute atomic E-state index is 0.00898. The van der Waals surface area contributed by atoms with Crippen LogP contribution >= 0.6 is 0 Å². The normalized spacial score (nSPS) is 18.6. The number of hydrogen-bond acceptors (Lipinski definition) is 4. The molecule has 3 rings (SSSR count). The first-order valence-electron chi connectivity index (χ1n) is 8.28. The topological polar surface area (TPSA) is 43.2 Å². The molecular weight excluding hydrogens is 333 g/mol. The third-order valence-electron chi connectivity index (χ3n) is 4.46. The maximum atomic E-state index is 13.3. The van der Waals surface area contributed by atoms with Gasteiger partial charge in [0.25, 0.3) is 0 Å². The number of ether oxygens (including phenoxy) is 1. The maximum Gasteiger partial charge on any atom is 0.419 e. The van der Waals surface area contributed by atoms with Crippen LogP contribution in [0.25, 0.3) is 0 Å². The first-order chi connectivity index (χ1) is 12.0. The summed E-state index contributed by atoms with van der Waals surface area (Å²) in [6.07, 6.45) is 2.31. The monoisotopic (exact) mass is 354 g/mol. The molecule has 0 bridgehead atoms. The largest absolute Gasteiger partial charge is 0.419 e. The lowest BCUT2D eigenvalue weighted by Crippen LogP contribution is -2.37. The van der Waals surface area contributed by atoms with Crippen molar-refractivity contribution in [2.75, 3.05) is 31.7 Å². The van der Waals surface area contributed by atoms with Gasteiger partial charge >= 0.3 is 6.18 Å². The fourth-order valence-corrected chi connectivity index (χ4v) is 3.31. The molecule has 1 saturated heterocycles. The van der Waals surface area contributed by atoms with Gasteiger partial charge in [0.1, 0.15) is 11.6 Å². The molecule has 8 heteroatoms. The Morgan fingerprint density at radius 2 is 2.12 bits per heavy atom. The molecule has 2 aromatic heterocycles. The van der Waals surface area contributed by atoms with Crippen molar-refractivity contribution >= 4 is 5.82 Å². The van der Waals surface area contributed by atoms with E-state index in [0.29, 0.717) is 26.2 Å². The van der Waals surface area contributed by atoms with Crippen LogP contribution in [0.4, 0.5) is 19.0 Å². The van der Waals surface area contributed by atoms with Gasteiger partial charge in [-0.15, -0.1) is 0 Å². The maximum absolute atomic E-state index is 13.3. The second kappa shape index (κ2) is 7.43. The van der Waals surface area contributed by atoms with Crippen molar-refractivity contribution in [1.29, 1.82) is 0 Å². The van der Waals surface area contributed by atoms with Crippen molar-refractivity contribution in [3.05, 3.63) is 42.1 Å². The van der Waals surface area contributed by atoms with Crippen LogP contribution < -0.4 is 4.90 Å². The van der Waals surface area contributed by atoms with E-state index >= 15 is 0 Å². The van der Waals surface area contributed by atoms with Crippen LogP contribution in [0.5, 0.6) is 0 Å². The number of imidazole rings is 1. The average molecular weight is 354 g/mol. The van der Waals surface area contributed by atoms with Crippen LogP contribution in [-0.2, 0) is 17.5 Å². The number of aromatic nitrogens is 3. The summed E-state index contributed by atoms with van der Waals surface area (Å²) >= 11 is 0. The molecule has 0 aromatic carbocycles. The van der Waals surface area contributed by atoms with Gasteiger partial charge in [0.15, 0.2) is 0 Å². The molecule has 1 fully saturated rings. The number of anilines is 1. The van der Waals surface area contributed by atoms with E-state index in [-0.39, 0.29) is 11.7 Å². The molecule has 0 saturated carbocycles. The second-order valence-electron chi connectivity index (χ2n) is 6.13. The number of piperidine rings is 1. The Kier molecular flexibility index (Phi) is 5.27. The van der Waals surface area contributed by atoms with Gasteiger partial charge in [-0.2, -0.15) is 13.2 Å². The molecule has 0 amide bonds. The van der Waals surface area contributed by atoms with Crippen LogP contribution in [-0.4, -0.2) is 41.3 Å². The zero-order chi connectivity index (χ0) is 17.9. The predicted octanol–water partition coefficient (Wildman–Crippen LogP) is 3.33. The summed E-state index contributed by atoms with van der Waals surface area (Å²) in [5.41, 5.74) is -0.682. The highest BCUT2D eigenvalue weighted by molar-refractivity contribution is 5.49. The fraction of sp³-hybridized carbons (Fsp3) is 0.529. The summed E-state index contributed by atoms with van der Waals surface area (Å²) in [7, 11) is 1.64. The molecule has 1 aliphatic heterocycles. The number of pyridine rings is 1. The summed E-state index contributed by atoms with van der Waals surface area (Å²) in [4.78, 5) is 10.2. The molecule has 0 radical (unpaired) electrons. The lowest BCUT2D eigenvalue weighted by Gasteiger charge is -2.34. The Labute approximate surface area is 144 Å². The number of hydrogen-bond donors (Lipinski definition) is 0. The van der Waals surface area contributed by atoms with Gasteiger partial charge < -0.3 is 14.2 Å². The Hall–Kier alpha value is -2.09. The third kappa shape index (κ3) is 3.95. The molecule has 1 unspecified atom stereocenters. The lowest BCUT2D eigenvalue weighted by molar-refractivity contribution is -0.137. The molecular formula is C17H21F3N4O. The minimum Gasteiger partial charge on any atom is -0.383 e. The number of halogens is 3. The summed E-state index contributed by atoms with van der Waals surface area (Å²) in [5, 5.41) is 0. The number of nitrogens with zero attached hydrogens (tertiary/aromatic N) is 4. The Bertz CT molecular complexity index is 701. The molecule has 0 N–H and O–H groups in total. The van der Waals surface area contributed by atoms with E-state index in [2.05, 4.69) is 9.97 Å². The van der Waals surface area contributed by atoms with Crippen molar-refractivity contribution in [3.63, 3.8) is 0 Å². The van der Waals surface area contributed by atoms with E-state index in [1.54, 1.807) is 18.2 Å². The highest BCUT2D eigenvalue weighted by Crippen LogP contribution is 2.37. The standard InChI is InChI=1S/C17H21F3N4O/c1-25-11-10-23-9-7-22-15(23)13-4-3-8-24(12-13)16-14(17(18,19)20)5-2-6-21-16/h2,5-7,9,13H,3-4,8,10-12H2,1H3. The van der Waals surface area contributed by atoms with Gasteiger partial charge in [-0.1, -0.05) is 0 Å². The smallest absolute Gasteiger partial charge is 0.383 e. The summed E-state index contributed by atoms with van der Waals surface area (Å²) in [5.74, 6) is 0.977. The van der Waals surface area contributed by atoms with E-state index in [9.17, 15) is 13.2 Å². The Morgan fingerprint density at radius 3 is 2.88 bits per heavy atom. The average Bonchev–Trinajstić information content (AvgIpc) is 3.08. The minimum atomic E-state index is -4.41. The van der Waals surface area contributed by atoms with Gasteiger partial charge in [-0.05, 0) is 25.0 Å². The molecule has 0 aliphatic carbocycles. The van der Waals surface area contributed by atoms with Gasteiger partial charge in [-0.25, -0.2) is 9.97 Å². The van der Waals surface area contributed by atoms with Crippen molar-refractivity contribution in [2.45, 2.75) is 31.5 Å². The van der Waals surface area contributed by atoms with E-state index in [4.69, 9.17) is 4.74 Å². The van der Waals surface area contributed by atoms with Gasteiger partial charge in [0.2, 0.25) is 0 Å². The van der Waals surface area contributed by atoms with Gasteiger partial charge in [0, 0.05) is 51.3 Å². The molecule has 3 heterocycles. The summed E-state index contributed by atoms with van der Waals surface area (Å²) < 4.78 is 47.0. The first-order valence-corrected chi connectivity index (χ1v) is 8.28. The van der Waals surface area contributed by atoms with Crippen LogP contribution in [0.15, 0.2) is 30.7 Å². The van der Waals surface area contributed by atoms with E-state index < -0.39 is 11.7 Å². The lowest BCUT2D eigenvalue weighted by atomic mass is 9.96. The van der Waals surface area contributed by atoms with Crippen molar-refractivity contribution in [3.8, 4) is 0 Å². The van der Waals surface area contributed by atoms with Gasteiger partial charge in [-0.3, -0.25) is 0 Å². The zero-order valence-corrected chi connectivity index (χ0v) is 14.0. The number of methoxy groups -OCH3 is 1. The zero-order valence-electron chi connectivity index (χ0n) is 14.0. The van der Waals surface area contributed by atoms with Crippen molar-refractivity contribution in [1.82, 2.24) is 14.5 Å². The van der Waals surface area contributed by atoms with Crippen LogP contribution in [0.2, 0.25) is 0 Å². The highest BCUT2D eigenvalue weighted by Gasteiger charge is 2.37. The second-order valence-corrected chi connectivity index (χ2v) is 6.13. The van der Waals surface area contributed by atoms with Crippen molar-refractivity contribution < 1.29 is 17.9 Å². The molecule has 1 atom stereocenters. The SMILES string of the molecule is COCCn1ccnc1C1CCCN(c2ncccc2C(F)(F)F)C1. The Balaban J connectivity index is 1.82. The third-order valence-corrected chi connectivity index (χ3v) is 4.46. The van der Waals surface area contributed by atoms with Crippen LogP contribution in [0, 0.1) is 0 Å². The number of rotatable bonds is 5. The molecule has 0 spiro atoms. The molecule has 25 heavy (non-hydrogen) atoms. The van der Waals surface area contributed by atoms with E-state index in [1.165, 1.54) is 12.3 Å². The Morgan fingerprint density at radius 1 is 1.28 bits per heavy atom.